The van der Waals surface area contributed by atoms with Gasteiger partial charge in [-0.15, -0.1) is 0 Å². The van der Waals surface area contributed by atoms with E-state index in [1.165, 1.54) is 0 Å². The minimum atomic E-state index is -2.38. The molecule has 1 spiro atoms. The lowest BCUT2D eigenvalue weighted by molar-refractivity contribution is -0.159. The summed E-state index contributed by atoms with van der Waals surface area (Å²) >= 11 is 0. The third-order valence-corrected chi connectivity index (χ3v) is 19.1. The van der Waals surface area contributed by atoms with Gasteiger partial charge in [0, 0.05) is 12.3 Å². The number of Topliss-reactive ketones (excluding diaryl/α,β-unsaturated/α-hetero) is 1. The number of cyclic esters (lactones) is 1. The molecule has 3 unspecified atom stereocenters. The largest absolute Gasteiger partial charge is 0.456 e. The van der Waals surface area contributed by atoms with Crippen LogP contribution in [0.3, 0.4) is 0 Å². The van der Waals surface area contributed by atoms with Crippen LogP contribution in [0.5, 0.6) is 0 Å². The zero-order valence-corrected chi connectivity index (χ0v) is 29.1. The lowest BCUT2D eigenvalue weighted by Crippen LogP contribution is -2.59. The second kappa shape index (κ2) is 10.4. The first-order valence-electron chi connectivity index (χ1n) is 13.7. The van der Waals surface area contributed by atoms with Gasteiger partial charge in [-0.3, -0.25) is 9.59 Å². The Bertz CT molecular complexity index is 893. The van der Waals surface area contributed by atoms with Crippen LogP contribution in [0.1, 0.15) is 61.3 Å². The van der Waals surface area contributed by atoms with E-state index < -0.39 is 48.5 Å². The Kier molecular flexibility index (Phi) is 9.19. The number of hydrogen-bond donors (Lipinski definition) is 0. The van der Waals surface area contributed by atoms with Gasteiger partial charge in [0.05, 0.1) is 12.7 Å². The van der Waals surface area contributed by atoms with E-state index in [1.807, 2.05) is 6.92 Å². The summed E-state index contributed by atoms with van der Waals surface area (Å²) in [7, 11) is -6.47. The quantitative estimate of drug-likeness (QED) is 0.134. The van der Waals surface area contributed by atoms with Gasteiger partial charge in [0.25, 0.3) is 0 Å². The molecular formula is C28H54O6Si3. The summed E-state index contributed by atoms with van der Waals surface area (Å²) in [6.45, 7) is 34.5. The highest BCUT2D eigenvalue weighted by atomic mass is 28.4. The molecule has 2 aliphatic rings. The SMILES string of the molecule is C=C(C)[C@H]1CC(=O)[C@@]2(CC1O[Si](C)(C)C)C(=O)OC(CO[Si](C)(C)C(C)(C)C)C2O[Si](C)(C)C(C)(C)C. The van der Waals surface area contributed by atoms with Crippen LogP contribution in [-0.4, -0.2) is 61.6 Å². The van der Waals surface area contributed by atoms with Gasteiger partial charge in [-0.25, -0.2) is 0 Å². The Hall–Kier alpha value is -0.589. The Morgan fingerprint density at radius 3 is 1.89 bits per heavy atom. The molecule has 214 valence electrons. The highest BCUT2D eigenvalue weighted by molar-refractivity contribution is 6.74. The maximum Gasteiger partial charge on any atom is 0.322 e. The molecule has 0 aromatic carbocycles. The van der Waals surface area contributed by atoms with Gasteiger partial charge in [-0.05, 0) is 69.3 Å². The first kappa shape index (κ1) is 32.6. The summed E-state index contributed by atoms with van der Waals surface area (Å²) in [5, 5.41) is -0.0917. The van der Waals surface area contributed by atoms with Crippen LogP contribution in [0, 0.1) is 11.3 Å². The van der Waals surface area contributed by atoms with Gasteiger partial charge in [0.1, 0.15) is 6.10 Å². The third kappa shape index (κ3) is 6.77. The number of carbonyl (C=O) groups excluding carboxylic acids is 2. The van der Waals surface area contributed by atoms with Crippen LogP contribution >= 0.6 is 0 Å². The fourth-order valence-corrected chi connectivity index (χ4v) is 8.18. The summed E-state index contributed by atoms with van der Waals surface area (Å²) in [6.07, 6.45) is -1.12. The standard InChI is InChI=1S/C28H54O6Si3/c1-19(2)20-16-23(29)28(17-21(20)33-35(9,10)11)24(34-37(14,15)27(6,7)8)22(32-25(28)30)18-31-36(12,13)26(3,4)5/h20-22,24H,1,16-18H2,2-15H3/t20-,21?,22?,24?,28-/m1/s1. The van der Waals surface area contributed by atoms with Gasteiger partial charge in [-0.1, -0.05) is 53.7 Å². The van der Waals surface area contributed by atoms with Crippen LogP contribution in [-0.2, 0) is 27.6 Å². The van der Waals surface area contributed by atoms with Crippen molar-refractivity contribution in [2.45, 2.75) is 136 Å². The Morgan fingerprint density at radius 2 is 1.46 bits per heavy atom. The van der Waals surface area contributed by atoms with Crippen molar-refractivity contribution in [1.82, 2.24) is 0 Å². The molecule has 2 fully saturated rings. The normalized spacial score (nSPS) is 30.1. The van der Waals surface area contributed by atoms with Crippen molar-refractivity contribution >= 4 is 36.7 Å². The number of carbonyl (C=O) groups is 2. The van der Waals surface area contributed by atoms with Crippen molar-refractivity contribution in [3.8, 4) is 0 Å². The average Bonchev–Trinajstić information content (AvgIpc) is 2.91. The predicted molar refractivity (Wildman–Crippen MR) is 158 cm³/mol. The molecule has 1 saturated heterocycles. The Balaban J connectivity index is 2.57. The fraction of sp³-hybridized carbons (Fsp3) is 0.857. The third-order valence-electron chi connectivity index (χ3n) is 9.10. The molecule has 1 saturated carbocycles. The first-order valence-corrected chi connectivity index (χ1v) is 23.0. The number of hydrogen-bond acceptors (Lipinski definition) is 6. The maximum absolute atomic E-state index is 14.0. The van der Waals surface area contributed by atoms with Crippen molar-refractivity contribution in [3.63, 3.8) is 0 Å². The molecule has 9 heteroatoms. The summed E-state index contributed by atoms with van der Waals surface area (Å²) < 4.78 is 26.2. The lowest BCUT2D eigenvalue weighted by atomic mass is 9.64. The molecule has 37 heavy (non-hydrogen) atoms. The highest BCUT2D eigenvalue weighted by Crippen LogP contribution is 2.52. The van der Waals surface area contributed by atoms with Gasteiger partial charge in [0.15, 0.2) is 42.3 Å². The topological polar surface area (TPSA) is 71.1 Å². The predicted octanol–water partition coefficient (Wildman–Crippen LogP) is 7.09. The molecule has 0 aromatic heterocycles. The molecule has 1 aliphatic carbocycles. The molecule has 0 radical (unpaired) electrons. The van der Waals surface area contributed by atoms with Gasteiger partial charge in [0.2, 0.25) is 0 Å². The van der Waals surface area contributed by atoms with Crippen LogP contribution in [0.25, 0.3) is 0 Å². The molecule has 6 nitrogen and oxygen atoms in total. The summed E-state index contributed by atoms with van der Waals surface area (Å²) in [6, 6.07) is 0. The molecule has 0 amide bonds. The molecule has 0 aromatic rings. The molecule has 1 aliphatic heterocycles. The van der Waals surface area contributed by atoms with E-state index in [-0.39, 0.29) is 47.3 Å². The van der Waals surface area contributed by atoms with E-state index in [4.69, 9.17) is 18.0 Å². The van der Waals surface area contributed by atoms with E-state index in [0.717, 1.165) is 5.57 Å². The minimum Gasteiger partial charge on any atom is -0.456 e. The first-order chi connectivity index (χ1) is 16.4. The van der Waals surface area contributed by atoms with Crippen LogP contribution in [0.15, 0.2) is 12.2 Å². The van der Waals surface area contributed by atoms with Gasteiger partial charge < -0.3 is 18.0 Å². The van der Waals surface area contributed by atoms with E-state index in [9.17, 15) is 9.59 Å². The van der Waals surface area contributed by atoms with E-state index in [0.29, 0.717) is 0 Å². The zero-order chi connectivity index (χ0) is 29.0. The van der Waals surface area contributed by atoms with Crippen LogP contribution < -0.4 is 0 Å². The number of esters is 1. The highest BCUT2D eigenvalue weighted by Gasteiger charge is 2.67. The minimum absolute atomic E-state index is 0.00865. The van der Waals surface area contributed by atoms with Crippen LogP contribution in [0.4, 0.5) is 0 Å². The summed E-state index contributed by atoms with van der Waals surface area (Å²) in [5.41, 5.74) is -0.467. The van der Waals surface area contributed by atoms with Gasteiger partial charge in [-0.2, -0.15) is 0 Å². The molecular weight excluding hydrogens is 517 g/mol. The molecule has 1 heterocycles. The lowest BCUT2D eigenvalue weighted by Gasteiger charge is -2.47. The Labute approximate surface area is 229 Å². The van der Waals surface area contributed by atoms with E-state index >= 15 is 0 Å². The van der Waals surface area contributed by atoms with Gasteiger partial charge >= 0.3 is 5.97 Å². The summed E-state index contributed by atoms with van der Waals surface area (Å²) in [5.74, 6) is -0.706. The summed E-state index contributed by atoms with van der Waals surface area (Å²) in [4.78, 5) is 27.8. The van der Waals surface area contributed by atoms with Crippen molar-refractivity contribution in [3.05, 3.63) is 12.2 Å². The second-order valence-corrected chi connectivity index (χ2v) is 29.4. The molecule has 0 N–H and O–H groups in total. The number of ketones is 1. The number of ether oxygens (including phenoxy) is 1. The zero-order valence-electron chi connectivity index (χ0n) is 26.1. The molecule has 5 atom stereocenters. The van der Waals surface area contributed by atoms with Crippen molar-refractivity contribution in [1.29, 1.82) is 0 Å². The van der Waals surface area contributed by atoms with Crippen molar-refractivity contribution in [2.75, 3.05) is 6.61 Å². The number of rotatable bonds is 8. The second-order valence-electron chi connectivity index (χ2n) is 15.3. The van der Waals surface area contributed by atoms with E-state index in [2.05, 4.69) is 94.0 Å². The maximum atomic E-state index is 14.0. The fourth-order valence-electron chi connectivity index (χ4n) is 4.67. The van der Waals surface area contributed by atoms with Crippen LogP contribution in [0.2, 0.25) is 55.9 Å². The van der Waals surface area contributed by atoms with Crippen molar-refractivity contribution < 1.29 is 27.6 Å². The Morgan fingerprint density at radius 1 is 0.946 bits per heavy atom. The van der Waals surface area contributed by atoms with E-state index in [1.54, 1.807) is 0 Å². The smallest absolute Gasteiger partial charge is 0.322 e. The van der Waals surface area contributed by atoms with Crippen molar-refractivity contribution in [2.24, 2.45) is 11.3 Å². The average molecular weight is 571 g/mol. The monoisotopic (exact) mass is 570 g/mol. The molecule has 2 rings (SSSR count). The molecule has 0 bridgehead atoms.